The van der Waals surface area contributed by atoms with Crippen molar-refractivity contribution in [1.29, 1.82) is 0 Å². The van der Waals surface area contributed by atoms with E-state index in [1.807, 2.05) is 149 Å². The minimum Gasteiger partial charge on any atom is -0.358 e. The maximum Gasteiger partial charge on any atom is 1.00 e. The quantitative estimate of drug-likeness (QED) is 0.0262. The Bertz CT molecular complexity index is 935. The molecule has 0 aromatic rings. The van der Waals surface area contributed by atoms with Gasteiger partial charge in [0.05, 0.1) is 28.5 Å². The molecule has 0 atom stereocenters. The largest absolute Gasteiger partial charge is 1.00 e. The number of ether oxygens (including phenoxy) is 4. The van der Waals surface area contributed by atoms with Crippen LogP contribution in [0.4, 0.5) is 13.2 Å². The van der Waals surface area contributed by atoms with Crippen molar-refractivity contribution in [3.63, 3.8) is 0 Å². The molecule has 29 heteroatoms. The van der Waals surface area contributed by atoms with Gasteiger partial charge in [0.15, 0.2) is 5.05 Å². The van der Waals surface area contributed by atoms with Gasteiger partial charge in [0.25, 0.3) is 5.97 Å². The van der Waals surface area contributed by atoms with Crippen LogP contribution in [0, 0.1) is 7.43 Å². The summed E-state index contributed by atoms with van der Waals surface area (Å²) in [5, 5.41) is 65.7. The van der Waals surface area contributed by atoms with Gasteiger partial charge in [0, 0.05) is 69.3 Å². The predicted molar refractivity (Wildman–Crippen MR) is 408 cm³/mol. The van der Waals surface area contributed by atoms with E-state index in [4.69, 9.17) is 44.7 Å². The van der Waals surface area contributed by atoms with Crippen molar-refractivity contribution in [3.8, 4) is 0 Å². The first kappa shape index (κ1) is 199. The number of aliphatic hydroxyl groups is 1. The zero-order valence-corrected chi connectivity index (χ0v) is 80.4. The maximum atomic E-state index is 11.2. The van der Waals surface area contributed by atoms with Crippen LogP contribution in [-0.2, 0) is 63.3 Å². The Morgan fingerprint density at radius 2 is 0.606 bits per heavy atom. The Labute approximate surface area is 698 Å². The summed E-state index contributed by atoms with van der Waals surface area (Å²) in [5.41, 5.74) is -1.50. The van der Waals surface area contributed by atoms with E-state index in [1.54, 1.807) is 55.6 Å². The summed E-state index contributed by atoms with van der Waals surface area (Å²) >= 11 is 7.67. The van der Waals surface area contributed by atoms with Crippen molar-refractivity contribution in [2.45, 2.75) is 326 Å². The first-order valence-corrected chi connectivity index (χ1v) is 31.4. The number of aldehydes is 2. The van der Waals surface area contributed by atoms with Gasteiger partial charge in [-0.3, -0.25) is 18.8 Å². The van der Waals surface area contributed by atoms with Crippen molar-refractivity contribution in [2.75, 3.05) is 42.7 Å². The van der Waals surface area contributed by atoms with Crippen LogP contribution in [0.1, 0.15) is 295 Å². The van der Waals surface area contributed by atoms with Crippen LogP contribution >= 0.6 is 25.0 Å². The van der Waals surface area contributed by atoms with Crippen LogP contribution < -0.4 is 113 Å². The van der Waals surface area contributed by atoms with E-state index >= 15 is 0 Å². The number of hydrogen-bond acceptors (Lipinski definition) is 19. The first-order valence-electron chi connectivity index (χ1n) is 30.6. The predicted octanol–water partition coefficient (Wildman–Crippen LogP) is 12.2. The molecule has 0 saturated carbocycles. The molecule has 6 N–H and O–H groups in total. The molecule has 18 nitrogen and oxygen atoms in total. The number of unbranched alkanes of at least 4 members (excludes halogenated alkanes) is 3. The van der Waals surface area contributed by atoms with Gasteiger partial charge in [-0.15, -0.1) is 11.2 Å². The zero-order chi connectivity index (χ0) is 81.0. The third-order valence-corrected chi connectivity index (χ3v) is 3.26. The van der Waals surface area contributed by atoms with E-state index in [0.717, 1.165) is 33.7 Å². The summed E-state index contributed by atoms with van der Waals surface area (Å²) in [6.07, 6.45) is 14.5. The van der Waals surface area contributed by atoms with Gasteiger partial charge >= 0.3 is 160 Å². The molecule has 0 bridgehead atoms. The number of halogens is 3. The van der Waals surface area contributed by atoms with Gasteiger partial charge in [-0.1, -0.05) is 243 Å². The number of aliphatic carboxylic acids is 1. The molecule has 0 saturated heterocycles. The molecule has 0 aromatic heterocycles. The number of esters is 2. The molecule has 0 heterocycles. The molecular formula is C65H163B3F3K2NO17PdS2-. The van der Waals surface area contributed by atoms with Gasteiger partial charge in [0.1, 0.15) is 12.6 Å². The number of nitrogens with zero attached hydrogens (tertiary/aromatic N) is 1. The minimum absolute atomic E-state index is 0. The minimum atomic E-state index is -2.96. The number of allylic oxidation sites excluding steroid dienone is 4. The summed E-state index contributed by atoms with van der Waals surface area (Å²) in [6.45, 7) is 70.5. The third kappa shape index (κ3) is 3540. The normalized spacial score (nSPS) is 6.71. The number of aliphatic hydroxyl groups excluding tert-OH is 1. The number of hydrogen-bond donors (Lipinski definition) is 7. The topological polar surface area (TPSA) is 302 Å². The SMILES string of the molecule is CB(O)O.CB(O)O.CC.CC.CC.CC.CC.CC.CC.CC(=O)O.CC(C)(C)[O-].CC(C)(C)[O-].CC=CC.CC=CC.CC=O.CC=O.CCC.CCCC.CCCCC.CF.CO.COC(C)(F)F.COC(C)=O.COC(C)=O.COC(C)=S.[B]=NS.[CH3-].[K+].[K+].[Pd]. The summed E-state index contributed by atoms with van der Waals surface area (Å²) in [4.78, 5) is 45.8. The van der Waals surface area contributed by atoms with Crippen LogP contribution in [0.3, 0.4) is 0 Å². The van der Waals surface area contributed by atoms with Gasteiger partial charge < -0.3 is 76.5 Å². The Morgan fingerprint density at radius 3 is 0.606 bits per heavy atom. The van der Waals surface area contributed by atoms with Gasteiger partial charge in [-0.2, -0.15) is 8.78 Å². The van der Waals surface area contributed by atoms with Crippen LogP contribution in [0.15, 0.2) is 28.6 Å². The van der Waals surface area contributed by atoms with Crippen molar-refractivity contribution in [3.05, 3.63) is 31.7 Å². The van der Waals surface area contributed by atoms with E-state index in [9.17, 15) is 33.0 Å². The molecule has 0 amide bonds. The van der Waals surface area contributed by atoms with E-state index < -0.39 is 37.5 Å². The van der Waals surface area contributed by atoms with Crippen molar-refractivity contribution < 1.29 is 220 Å². The number of thiol groups is 1. The van der Waals surface area contributed by atoms with E-state index in [2.05, 4.69) is 97.5 Å². The molecule has 94 heavy (non-hydrogen) atoms. The smallest absolute Gasteiger partial charge is 0.358 e. The number of alkyl halides is 3. The van der Waals surface area contributed by atoms with Crippen LogP contribution in [0.25, 0.3) is 0 Å². The number of carboxylic acids is 1. The first-order chi connectivity index (χ1) is 41.4. The summed E-state index contributed by atoms with van der Waals surface area (Å²) in [6, 6.07) is 0. The molecule has 0 aliphatic rings. The van der Waals surface area contributed by atoms with Crippen LogP contribution in [0.2, 0.25) is 13.6 Å². The van der Waals surface area contributed by atoms with E-state index in [1.165, 1.54) is 94.1 Å². The Balaban J connectivity index is -0.0000000163. The van der Waals surface area contributed by atoms with Crippen LogP contribution in [0.5, 0.6) is 0 Å². The van der Waals surface area contributed by atoms with Gasteiger partial charge in [-0.05, 0) is 67.4 Å². The Morgan fingerprint density at radius 1 is 0.532 bits per heavy atom. The van der Waals surface area contributed by atoms with E-state index in [0.29, 0.717) is 19.2 Å². The summed E-state index contributed by atoms with van der Waals surface area (Å²) in [7, 11) is 8.72. The molecular weight excluding hydrogens is 1400 g/mol. The number of rotatable bonds is 4. The van der Waals surface area contributed by atoms with Crippen molar-refractivity contribution in [1.82, 2.24) is 0 Å². The van der Waals surface area contributed by atoms with Gasteiger partial charge in [0.2, 0.25) is 0 Å². The second kappa shape index (κ2) is 279. The number of thiocarbonyl (C=S) groups is 1. The second-order valence-electron chi connectivity index (χ2n) is 14.1. The molecule has 0 fully saturated rings. The fourth-order valence-corrected chi connectivity index (χ4v) is 0.354. The Hall–Kier alpha value is 0.870. The second-order valence-corrected chi connectivity index (χ2v) is 14.9. The molecule has 0 spiro atoms. The van der Waals surface area contributed by atoms with Crippen molar-refractivity contribution in [2.24, 2.45) is 4.30 Å². The number of carbonyl (C=O) groups is 5. The summed E-state index contributed by atoms with van der Waals surface area (Å²) in [5.74, 6) is -1.32. The molecule has 585 valence electrons. The zero-order valence-electron chi connectivity index (χ0n) is 70.9. The fraction of sp³-hybridized carbons (Fsp3) is 0.831. The summed E-state index contributed by atoms with van der Waals surface area (Å²) < 4.78 is 51.0. The monoisotopic (exact) mass is 1570 g/mol. The molecule has 0 aliphatic heterocycles. The van der Waals surface area contributed by atoms with Crippen molar-refractivity contribution >= 4 is 82.4 Å². The molecule has 0 aliphatic carbocycles. The molecule has 1 radical (unpaired) electrons. The van der Waals surface area contributed by atoms with Crippen LogP contribution in [-0.4, -0.2) is 148 Å². The van der Waals surface area contributed by atoms with E-state index in [-0.39, 0.29) is 143 Å². The number of carbonyl (C=O) groups excluding carboxylic acids is 4. The molecule has 0 rings (SSSR count). The standard InChI is InChI=1S/C5H12.2C4H9O.C4H10.2C4H8.C3H6F2O.2C3H6O2.C3H6OS.C3H8.C2H4O2.2C2H4O.7C2H6.2CH5BO2.CH3F.CH4O.CH3.BHNS.2K.Pd/c1-3-5-4-2;2*1-4(2,3)5;3*1-3-4-2;1-3(4,5)6-2;2*1-3(4)5-2;1-3(5)4-2;1-3-2;1-2(3)4;2*1-2-3;7*1-2;2*1-2(3)4;2*1-2;;1-2-3;;;/h3-5H2,1-2H3;2*1-3H3;3-4H2,1-2H3;2*3-4H,1-2H3;1-2H3;3*1-2H3;3H2,1-2H3;1H3,(H,3,4);2*2H,1H3;7*1-2H3;2*3-4H,1H3;1H3;2H,1H3;1H3;3H;;;/q;2*-1;;;;;;;;;;;;;;;;;;;;;;;-1;;2*+1;. The average molecular weight is 1570 g/mol. The average Bonchev–Trinajstić information content (AvgIpc) is 3.48. The number of methoxy groups -OCH3 is 4. The fourth-order valence-electron chi connectivity index (χ4n) is 0.354. The number of carboxylic acid groups (broad SMARTS) is 1. The Kier molecular flexibility index (Phi) is 590. The maximum absolute atomic E-state index is 11.2. The molecule has 0 unspecified atom stereocenters. The molecule has 0 aromatic carbocycles. The third-order valence-electron chi connectivity index (χ3n) is 3.09. The van der Waals surface area contributed by atoms with Gasteiger partial charge in [-0.25, -0.2) is 0 Å².